The van der Waals surface area contributed by atoms with Crippen molar-refractivity contribution in [3.8, 4) is 22.8 Å². The van der Waals surface area contributed by atoms with E-state index in [0.29, 0.717) is 22.6 Å². The quantitative estimate of drug-likeness (QED) is 0.753. The first-order valence-corrected chi connectivity index (χ1v) is 6.13. The maximum Gasteiger partial charge on any atom is 0.224 e. The van der Waals surface area contributed by atoms with Gasteiger partial charge in [-0.25, -0.2) is 9.07 Å². The van der Waals surface area contributed by atoms with Crippen molar-refractivity contribution in [1.82, 2.24) is 20.0 Å². The Morgan fingerprint density at radius 2 is 1.90 bits per heavy atom. The molecule has 0 radical (unpaired) electrons. The van der Waals surface area contributed by atoms with Crippen molar-refractivity contribution in [2.45, 2.75) is 13.8 Å². The lowest BCUT2D eigenvalue weighted by molar-refractivity contribution is 0.435. The van der Waals surface area contributed by atoms with Crippen LogP contribution in [0.25, 0.3) is 16.9 Å². The molecule has 6 heteroatoms. The molecule has 0 aliphatic rings. The molecule has 0 amide bonds. The molecule has 0 saturated heterocycles. The Labute approximate surface area is 114 Å². The van der Waals surface area contributed by atoms with Gasteiger partial charge in [0.2, 0.25) is 5.88 Å². The molecule has 2 aromatic heterocycles. The number of aryl methyl sites for hydroxylation is 2. The van der Waals surface area contributed by atoms with E-state index in [1.807, 2.05) is 13.0 Å². The molecule has 0 unspecified atom stereocenters. The van der Waals surface area contributed by atoms with E-state index in [1.165, 1.54) is 16.8 Å². The van der Waals surface area contributed by atoms with Crippen molar-refractivity contribution < 1.29 is 9.50 Å². The van der Waals surface area contributed by atoms with Crippen LogP contribution in [0.15, 0.2) is 30.3 Å². The number of aromatic amines is 1. The minimum atomic E-state index is -0.332. The summed E-state index contributed by atoms with van der Waals surface area (Å²) in [5.74, 6) is -0.334. The number of aromatic nitrogens is 4. The van der Waals surface area contributed by atoms with Crippen molar-refractivity contribution in [3.05, 3.63) is 47.5 Å². The van der Waals surface area contributed by atoms with Crippen molar-refractivity contribution in [2.24, 2.45) is 0 Å². The number of H-pyrrole nitrogens is 1. The number of rotatable bonds is 2. The zero-order chi connectivity index (χ0) is 14.3. The Kier molecular flexibility index (Phi) is 2.78. The summed E-state index contributed by atoms with van der Waals surface area (Å²) in [5, 5.41) is 21.5. The fourth-order valence-corrected chi connectivity index (χ4v) is 2.14. The van der Waals surface area contributed by atoms with E-state index in [2.05, 4.69) is 15.3 Å². The summed E-state index contributed by atoms with van der Waals surface area (Å²) in [6.45, 7) is 3.65. The highest BCUT2D eigenvalue weighted by Gasteiger charge is 2.18. The molecule has 0 saturated carbocycles. The van der Waals surface area contributed by atoms with E-state index in [0.717, 1.165) is 5.69 Å². The zero-order valence-corrected chi connectivity index (χ0v) is 11.1. The molecule has 0 fully saturated rings. The van der Waals surface area contributed by atoms with E-state index in [9.17, 15) is 9.50 Å². The summed E-state index contributed by atoms with van der Waals surface area (Å²) < 4.78 is 14.3. The van der Waals surface area contributed by atoms with Crippen molar-refractivity contribution >= 4 is 0 Å². The number of hydrogen-bond donors (Lipinski definition) is 2. The van der Waals surface area contributed by atoms with E-state index in [-0.39, 0.29) is 11.7 Å². The number of benzene rings is 1. The second-order valence-electron chi connectivity index (χ2n) is 4.60. The Hall–Kier alpha value is -2.63. The summed E-state index contributed by atoms with van der Waals surface area (Å²) in [6.07, 6.45) is 0. The molecule has 2 heterocycles. The topological polar surface area (TPSA) is 66.7 Å². The molecular formula is C14H13FN4O. The highest BCUT2D eigenvalue weighted by atomic mass is 19.1. The molecule has 0 aliphatic carbocycles. The summed E-state index contributed by atoms with van der Waals surface area (Å²) in [6, 6.07) is 7.60. The van der Waals surface area contributed by atoms with E-state index in [1.54, 1.807) is 19.1 Å². The highest BCUT2D eigenvalue weighted by Crippen LogP contribution is 2.33. The smallest absolute Gasteiger partial charge is 0.224 e. The van der Waals surface area contributed by atoms with Crippen LogP contribution in [0.3, 0.4) is 0 Å². The number of hydrogen-bond acceptors (Lipinski definition) is 3. The van der Waals surface area contributed by atoms with Gasteiger partial charge in [-0.3, -0.25) is 5.10 Å². The Morgan fingerprint density at radius 3 is 2.50 bits per heavy atom. The van der Waals surface area contributed by atoms with Crippen LogP contribution in [0.2, 0.25) is 0 Å². The minimum Gasteiger partial charge on any atom is -0.493 e. The van der Waals surface area contributed by atoms with Crippen LogP contribution in [-0.4, -0.2) is 25.1 Å². The Bertz CT molecular complexity index is 758. The molecule has 102 valence electrons. The van der Waals surface area contributed by atoms with Gasteiger partial charge in [0.1, 0.15) is 5.82 Å². The number of aromatic hydroxyl groups is 1. The lowest BCUT2D eigenvalue weighted by Crippen LogP contribution is -1.95. The van der Waals surface area contributed by atoms with Crippen LogP contribution in [-0.2, 0) is 0 Å². The molecule has 3 rings (SSSR count). The van der Waals surface area contributed by atoms with Gasteiger partial charge in [0.05, 0.1) is 28.3 Å². The fourth-order valence-electron chi connectivity index (χ4n) is 2.14. The molecule has 3 aromatic rings. The summed E-state index contributed by atoms with van der Waals surface area (Å²) >= 11 is 0. The second-order valence-corrected chi connectivity index (χ2v) is 4.60. The average molecular weight is 272 g/mol. The van der Waals surface area contributed by atoms with Crippen LogP contribution >= 0.6 is 0 Å². The molecular weight excluding hydrogens is 259 g/mol. The lowest BCUT2D eigenvalue weighted by atomic mass is 10.2. The number of nitrogens with one attached hydrogen (secondary N) is 1. The largest absolute Gasteiger partial charge is 0.493 e. The molecule has 0 aliphatic heterocycles. The normalized spacial score (nSPS) is 10.9. The maximum absolute atomic E-state index is 12.9. The second kappa shape index (κ2) is 4.48. The van der Waals surface area contributed by atoms with Crippen molar-refractivity contribution in [1.29, 1.82) is 0 Å². The summed E-state index contributed by atoms with van der Waals surface area (Å²) in [5.41, 5.74) is 3.37. The first kappa shape index (κ1) is 12.4. The van der Waals surface area contributed by atoms with Gasteiger partial charge in [0, 0.05) is 0 Å². The van der Waals surface area contributed by atoms with Gasteiger partial charge in [0.15, 0.2) is 0 Å². The van der Waals surface area contributed by atoms with Gasteiger partial charge in [-0.15, -0.1) is 0 Å². The van der Waals surface area contributed by atoms with Gasteiger partial charge in [-0.05, 0) is 44.2 Å². The zero-order valence-electron chi connectivity index (χ0n) is 11.1. The van der Waals surface area contributed by atoms with E-state index >= 15 is 0 Å². The highest BCUT2D eigenvalue weighted by molar-refractivity contribution is 5.69. The van der Waals surface area contributed by atoms with Crippen LogP contribution in [0, 0.1) is 19.7 Å². The van der Waals surface area contributed by atoms with E-state index < -0.39 is 0 Å². The van der Waals surface area contributed by atoms with Crippen LogP contribution in [0.4, 0.5) is 4.39 Å². The third-order valence-corrected chi connectivity index (χ3v) is 3.08. The summed E-state index contributed by atoms with van der Waals surface area (Å²) in [4.78, 5) is 0. The predicted octanol–water partition coefficient (Wildman–Crippen LogP) is 2.72. The minimum absolute atomic E-state index is 0.00208. The van der Waals surface area contributed by atoms with Crippen LogP contribution in [0.1, 0.15) is 11.4 Å². The molecule has 0 atom stereocenters. The first-order valence-electron chi connectivity index (χ1n) is 6.13. The lowest BCUT2D eigenvalue weighted by Gasteiger charge is -2.03. The molecule has 0 spiro atoms. The van der Waals surface area contributed by atoms with Gasteiger partial charge < -0.3 is 5.11 Å². The van der Waals surface area contributed by atoms with Crippen LogP contribution < -0.4 is 0 Å². The number of nitrogens with zero attached hydrogens (tertiary/aromatic N) is 3. The maximum atomic E-state index is 12.9. The van der Waals surface area contributed by atoms with Gasteiger partial charge in [0.25, 0.3) is 0 Å². The monoisotopic (exact) mass is 272 g/mol. The van der Waals surface area contributed by atoms with Gasteiger partial charge >= 0.3 is 0 Å². The molecule has 0 bridgehead atoms. The molecule has 1 aromatic carbocycles. The standard InChI is InChI=1S/C14H13FN4O/c1-8-7-12(17-16-8)13-9(2)18-19(14(13)20)11-5-3-10(15)4-6-11/h3-7,20H,1-2H3,(H,16,17). The molecule has 20 heavy (non-hydrogen) atoms. The molecule has 2 N–H and O–H groups in total. The first-order chi connectivity index (χ1) is 9.56. The summed E-state index contributed by atoms with van der Waals surface area (Å²) in [7, 11) is 0. The predicted molar refractivity (Wildman–Crippen MR) is 72.2 cm³/mol. The van der Waals surface area contributed by atoms with Gasteiger partial charge in [-0.1, -0.05) is 0 Å². The number of halogens is 1. The van der Waals surface area contributed by atoms with Crippen molar-refractivity contribution in [2.75, 3.05) is 0 Å². The average Bonchev–Trinajstić information content (AvgIpc) is 2.95. The fraction of sp³-hybridized carbons (Fsp3) is 0.143. The Balaban J connectivity index is 2.13. The Morgan fingerprint density at radius 1 is 1.20 bits per heavy atom. The third kappa shape index (κ3) is 1.95. The van der Waals surface area contributed by atoms with Crippen LogP contribution in [0.5, 0.6) is 5.88 Å². The third-order valence-electron chi connectivity index (χ3n) is 3.08. The van der Waals surface area contributed by atoms with Gasteiger partial charge in [-0.2, -0.15) is 10.2 Å². The molecule has 5 nitrogen and oxygen atoms in total. The van der Waals surface area contributed by atoms with E-state index in [4.69, 9.17) is 0 Å². The van der Waals surface area contributed by atoms with Crippen molar-refractivity contribution in [3.63, 3.8) is 0 Å². The SMILES string of the molecule is Cc1cc(-c2c(C)nn(-c3ccc(F)cc3)c2O)[nH]n1.